The van der Waals surface area contributed by atoms with Gasteiger partial charge < -0.3 is 15.5 Å². The van der Waals surface area contributed by atoms with Gasteiger partial charge in [-0.15, -0.1) is 12.4 Å². The van der Waals surface area contributed by atoms with Crippen LogP contribution in [0.25, 0.3) is 0 Å². The van der Waals surface area contributed by atoms with E-state index in [2.05, 4.69) is 6.92 Å². The molecule has 2 saturated heterocycles. The van der Waals surface area contributed by atoms with Crippen LogP contribution in [-0.4, -0.2) is 54.3 Å². The standard InChI is InChI=1S/C15H27N3O2.ClH/c1-3-13(19)17-7-4-5-12(9-17)14(20)18-8-6-15(2,10-16)11-18;/h12H,3-11,16H2,1-2H3;1H. The van der Waals surface area contributed by atoms with Crippen molar-refractivity contribution in [3.8, 4) is 0 Å². The van der Waals surface area contributed by atoms with Crippen LogP contribution in [0, 0.1) is 11.3 Å². The van der Waals surface area contributed by atoms with Crippen LogP contribution in [0.2, 0.25) is 0 Å². The molecule has 2 aliphatic heterocycles. The first kappa shape index (κ1) is 18.2. The molecule has 2 unspecified atom stereocenters. The molecule has 0 bridgehead atoms. The third-order valence-electron chi connectivity index (χ3n) is 4.79. The molecule has 122 valence electrons. The van der Waals surface area contributed by atoms with Crippen molar-refractivity contribution in [2.24, 2.45) is 17.1 Å². The molecule has 0 aromatic rings. The third-order valence-corrected chi connectivity index (χ3v) is 4.79. The largest absolute Gasteiger partial charge is 0.342 e. The molecule has 2 rings (SSSR count). The first-order valence-corrected chi connectivity index (χ1v) is 7.76. The van der Waals surface area contributed by atoms with E-state index in [9.17, 15) is 9.59 Å². The molecule has 6 heteroatoms. The predicted molar refractivity (Wildman–Crippen MR) is 85.2 cm³/mol. The maximum atomic E-state index is 12.6. The van der Waals surface area contributed by atoms with Crippen LogP contribution >= 0.6 is 12.4 Å². The summed E-state index contributed by atoms with van der Waals surface area (Å²) in [7, 11) is 0. The quantitative estimate of drug-likeness (QED) is 0.852. The fraction of sp³-hybridized carbons (Fsp3) is 0.867. The van der Waals surface area contributed by atoms with Crippen LogP contribution in [0.1, 0.15) is 39.5 Å². The highest BCUT2D eigenvalue weighted by Gasteiger charge is 2.38. The second-order valence-corrected chi connectivity index (χ2v) is 6.56. The number of rotatable bonds is 3. The van der Waals surface area contributed by atoms with E-state index in [0.29, 0.717) is 19.5 Å². The Balaban J connectivity index is 0.00000220. The van der Waals surface area contributed by atoms with Crippen LogP contribution in [0.3, 0.4) is 0 Å². The van der Waals surface area contributed by atoms with Gasteiger partial charge in [0, 0.05) is 32.6 Å². The lowest BCUT2D eigenvalue weighted by atomic mass is 9.90. The SMILES string of the molecule is CCC(=O)N1CCCC(C(=O)N2CCC(C)(CN)C2)C1.Cl. The van der Waals surface area contributed by atoms with Gasteiger partial charge in [0.1, 0.15) is 0 Å². The zero-order chi connectivity index (χ0) is 14.8. The van der Waals surface area contributed by atoms with Crippen molar-refractivity contribution in [1.82, 2.24) is 9.80 Å². The van der Waals surface area contributed by atoms with E-state index in [1.54, 1.807) is 0 Å². The molecule has 5 nitrogen and oxygen atoms in total. The van der Waals surface area contributed by atoms with Crippen LogP contribution in [0.15, 0.2) is 0 Å². The summed E-state index contributed by atoms with van der Waals surface area (Å²) in [6.07, 6.45) is 3.35. The third kappa shape index (κ3) is 4.10. The van der Waals surface area contributed by atoms with Gasteiger partial charge in [-0.25, -0.2) is 0 Å². The van der Waals surface area contributed by atoms with Crippen molar-refractivity contribution in [3.05, 3.63) is 0 Å². The maximum Gasteiger partial charge on any atom is 0.227 e. The molecule has 2 aliphatic rings. The summed E-state index contributed by atoms with van der Waals surface area (Å²) in [5.41, 5.74) is 5.87. The minimum atomic E-state index is -0.0145. The second-order valence-electron chi connectivity index (χ2n) is 6.56. The molecule has 0 aliphatic carbocycles. The monoisotopic (exact) mass is 317 g/mol. The minimum absolute atomic E-state index is 0. The summed E-state index contributed by atoms with van der Waals surface area (Å²) in [4.78, 5) is 28.2. The van der Waals surface area contributed by atoms with Crippen molar-refractivity contribution in [2.45, 2.75) is 39.5 Å². The molecule has 2 atom stereocenters. The van der Waals surface area contributed by atoms with Crippen molar-refractivity contribution >= 4 is 24.2 Å². The van der Waals surface area contributed by atoms with E-state index in [1.807, 2.05) is 16.7 Å². The van der Waals surface area contributed by atoms with E-state index in [-0.39, 0.29) is 35.6 Å². The lowest BCUT2D eigenvalue weighted by Gasteiger charge is -2.34. The Hall–Kier alpha value is -0.810. The topological polar surface area (TPSA) is 66.6 Å². The van der Waals surface area contributed by atoms with E-state index >= 15 is 0 Å². The summed E-state index contributed by atoms with van der Waals surface area (Å²) in [5.74, 6) is 0.367. The molecule has 0 saturated carbocycles. The molecule has 2 amide bonds. The first-order valence-electron chi connectivity index (χ1n) is 7.76. The van der Waals surface area contributed by atoms with Gasteiger partial charge in [0.25, 0.3) is 0 Å². The second kappa shape index (κ2) is 7.45. The van der Waals surface area contributed by atoms with E-state index < -0.39 is 0 Å². The Morgan fingerprint density at radius 1 is 1.29 bits per heavy atom. The number of hydrogen-bond acceptors (Lipinski definition) is 3. The van der Waals surface area contributed by atoms with Gasteiger partial charge >= 0.3 is 0 Å². The van der Waals surface area contributed by atoms with Gasteiger partial charge in [0.15, 0.2) is 0 Å². The van der Waals surface area contributed by atoms with Crippen LogP contribution < -0.4 is 5.73 Å². The first-order chi connectivity index (χ1) is 9.49. The van der Waals surface area contributed by atoms with Gasteiger partial charge in [-0.2, -0.15) is 0 Å². The lowest BCUT2D eigenvalue weighted by Crippen LogP contribution is -2.46. The Kier molecular flexibility index (Phi) is 6.47. The summed E-state index contributed by atoms with van der Waals surface area (Å²) >= 11 is 0. The molecule has 0 radical (unpaired) electrons. The van der Waals surface area contributed by atoms with Gasteiger partial charge in [-0.05, 0) is 31.2 Å². The average molecular weight is 318 g/mol. The fourth-order valence-corrected chi connectivity index (χ4v) is 3.27. The number of likely N-dealkylation sites (tertiary alicyclic amines) is 2. The normalized spacial score (nSPS) is 29.2. The molecule has 0 spiro atoms. The van der Waals surface area contributed by atoms with Crippen molar-refractivity contribution < 1.29 is 9.59 Å². The Morgan fingerprint density at radius 2 is 2.00 bits per heavy atom. The average Bonchev–Trinajstić information content (AvgIpc) is 2.89. The van der Waals surface area contributed by atoms with Crippen molar-refractivity contribution in [3.63, 3.8) is 0 Å². The van der Waals surface area contributed by atoms with Crippen LogP contribution in [0.4, 0.5) is 0 Å². The highest BCUT2D eigenvalue weighted by Crippen LogP contribution is 2.30. The molecular weight excluding hydrogens is 290 g/mol. The summed E-state index contributed by atoms with van der Waals surface area (Å²) < 4.78 is 0. The van der Waals surface area contributed by atoms with Gasteiger partial charge in [-0.1, -0.05) is 13.8 Å². The van der Waals surface area contributed by atoms with Crippen LogP contribution in [-0.2, 0) is 9.59 Å². The summed E-state index contributed by atoms with van der Waals surface area (Å²) in [5, 5.41) is 0. The number of amides is 2. The van der Waals surface area contributed by atoms with Gasteiger partial charge in [0.05, 0.1) is 5.92 Å². The van der Waals surface area contributed by atoms with Crippen LogP contribution in [0.5, 0.6) is 0 Å². The number of hydrogen-bond donors (Lipinski definition) is 1. The molecule has 0 aromatic heterocycles. The molecule has 2 heterocycles. The fourth-order valence-electron chi connectivity index (χ4n) is 3.27. The maximum absolute atomic E-state index is 12.6. The van der Waals surface area contributed by atoms with Gasteiger partial charge in [0.2, 0.25) is 11.8 Å². The molecule has 21 heavy (non-hydrogen) atoms. The number of carbonyl (C=O) groups is 2. The van der Waals surface area contributed by atoms with Gasteiger partial charge in [-0.3, -0.25) is 9.59 Å². The molecule has 2 N–H and O–H groups in total. The Labute approximate surface area is 133 Å². The summed E-state index contributed by atoms with van der Waals surface area (Å²) in [6, 6.07) is 0. The zero-order valence-corrected chi connectivity index (χ0v) is 14.0. The smallest absolute Gasteiger partial charge is 0.227 e. The predicted octanol–water partition coefficient (Wildman–Crippen LogP) is 1.25. The Bertz CT molecular complexity index is 391. The minimum Gasteiger partial charge on any atom is -0.342 e. The number of nitrogens with two attached hydrogens (primary N) is 1. The summed E-state index contributed by atoms with van der Waals surface area (Å²) in [6.45, 7) is 7.63. The highest BCUT2D eigenvalue weighted by atomic mass is 35.5. The number of nitrogens with zero attached hydrogens (tertiary/aromatic N) is 2. The number of piperidine rings is 1. The highest BCUT2D eigenvalue weighted by molar-refractivity contribution is 5.85. The number of carbonyl (C=O) groups excluding carboxylic acids is 2. The van der Waals surface area contributed by atoms with E-state index in [4.69, 9.17) is 5.73 Å². The lowest BCUT2D eigenvalue weighted by molar-refractivity contribution is -0.140. The zero-order valence-electron chi connectivity index (χ0n) is 13.1. The molecule has 2 fully saturated rings. The Morgan fingerprint density at radius 3 is 2.57 bits per heavy atom. The van der Waals surface area contributed by atoms with Crippen molar-refractivity contribution in [1.29, 1.82) is 0 Å². The molecule has 0 aromatic carbocycles. The molecular formula is C15H28ClN3O2. The number of halogens is 1. The van der Waals surface area contributed by atoms with Crippen molar-refractivity contribution in [2.75, 3.05) is 32.7 Å². The van der Waals surface area contributed by atoms with E-state index in [1.165, 1.54) is 0 Å². The van der Waals surface area contributed by atoms with E-state index in [0.717, 1.165) is 38.9 Å².